The summed E-state index contributed by atoms with van der Waals surface area (Å²) in [5, 5.41) is 1.04. The Morgan fingerprint density at radius 1 is 1.00 bits per heavy atom. The van der Waals surface area contributed by atoms with Crippen molar-refractivity contribution in [1.82, 2.24) is 9.88 Å². The summed E-state index contributed by atoms with van der Waals surface area (Å²) in [5.41, 5.74) is 1.91. The largest absolute Gasteiger partial charge is 0.278 e. The Kier molecular flexibility index (Phi) is 2.90. The molecule has 2 heterocycles. The number of amides is 2. The lowest BCUT2D eigenvalue weighted by Crippen LogP contribution is -2.38. The molecular weight excluding hydrogens is 300 g/mol. The topological polar surface area (TPSA) is 50.3 Å². The van der Waals surface area contributed by atoms with Crippen molar-refractivity contribution in [2.24, 2.45) is 23.7 Å². The van der Waals surface area contributed by atoms with Crippen molar-refractivity contribution in [3.05, 3.63) is 54.2 Å². The van der Waals surface area contributed by atoms with E-state index < -0.39 is 0 Å². The maximum Gasteiger partial charge on any atom is 0.234 e. The standard InChI is InChI=1S/C20H18N2O2/c23-19-17-13-4-5-14(7-6-13)18(17)20(24)22(19)11-12-3-8-16-15(10-12)2-1-9-21-16/h1-5,8-10,13-14,17-18H,6-7,11H2. The van der Waals surface area contributed by atoms with E-state index in [0.717, 1.165) is 29.3 Å². The summed E-state index contributed by atoms with van der Waals surface area (Å²) in [6.45, 7) is 0.370. The van der Waals surface area contributed by atoms with Gasteiger partial charge in [-0.2, -0.15) is 0 Å². The smallest absolute Gasteiger partial charge is 0.234 e. The molecular formula is C20H18N2O2. The van der Waals surface area contributed by atoms with E-state index in [1.807, 2.05) is 30.3 Å². The summed E-state index contributed by atoms with van der Waals surface area (Å²) >= 11 is 0. The van der Waals surface area contributed by atoms with E-state index in [1.165, 1.54) is 4.90 Å². The third-order valence-corrected chi connectivity index (χ3v) is 5.86. The van der Waals surface area contributed by atoms with Crippen molar-refractivity contribution in [1.29, 1.82) is 0 Å². The number of benzene rings is 1. The van der Waals surface area contributed by atoms with Gasteiger partial charge in [0, 0.05) is 11.6 Å². The van der Waals surface area contributed by atoms with Gasteiger partial charge in [-0.15, -0.1) is 0 Å². The van der Waals surface area contributed by atoms with Gasteiger partial charge in [-0.25, -0.2) is 0 Å². The average Bonchev–Trinajstić information content (AvgIpc) is 2.90. The van der Waals surface area contributed by atoms with Crippen LogP contribution in [-0.4, -0.2) is 21.7 Å². The van der Waals surface area contributed by atoms with E-state index in [2.05, 4.69) is 17.1 Å². The van der Waals surface area contributed by atoms with Crippen LogP contribution in [0.1, 0.15) is 18.4 Å². The van der Waals surface area contributed by atoms with Crippen LogP contribution in [0.2, 0.25) is 0 Å². The van der Waals surface area contributed by atoms with Gasteiger partial charge >= 0.3 is 0 Å². The lowest BCUT2D eigenvalue weighted by atomic mass is 9.63. The number of hydrogen-bond donors (Lipinski definition) is 0. The molecule has 24 heavy (non-hydrogen) atoms. The molecule has 4 aliphatic rings. The number of allylic oxidation sites excluding steroid dienone is 2. The van der Waals surface area contributed by atoms with E-state index >= 15 is 0 Å². The summed E-state index contributed by atoms with van der Waals surface area (Å²) in [5.74, 6) is 0.307. The average molecular weight is 318 g/mol. The molecule has 2 fully saturated rings. The second kappa shape index (κ2) is 5.00. The summed E-state index contributed by atoms with van der Waals surface area (Å²) in [6, 6.07) is 9.84. The Labute approximate surface area is 140 Å². The summed E-state index contributed by atoms with van der Waals surface area (Å²) in [4.78, 5) is 31.5. The molecule has 4 atom stereocenters. The molecule has 120 valence electrons. The maximum atomic E-state index is 12.9. The number of likely N-dealkylation sites (tertiary alicyclic amines) is 1. The van der Waals surface area contributed by atoms with E-state index in [-0.39, 0.29) is 35.5 Å². The van der Waals surface area contributed by atoms with Gasteiger partial charge in [-0.1, -0.05) is 24.3 Å². The summed E-state index contributed by atoms with van der Waals surface area (Å²) < 4.78 is 0. The number of imide groups is 1. The monoisotopic (exact) mass is 318 g/mol. The van der Waals surface area contributed by atoms with E-state index in [0.29, 0.717) is 6.54 Å². The lowest BCUT2D eigenvalue weighted by Gasteiger charge is -2.38. The van der Waals surface area contributed by atoms with Crippen molar-refractivity contribution >= 4 is 22.7 Å². The number of pyridine rings is 1. The highest BCUT2D eigenvalue weighted by Gasteiger charge is 2.56. The first-order valence-corrected chi connectivity index (χ1v) is 8.59. The minimum absolute atomic E-state index is 0.0235. The molecule has 6 rings (SSSR count). The van der Waals surface area contributed by atoms with Crippen LogP contribution in [0.25, 0.3) is 10.9 Å². The molecule has 0 radical (unpaired) electrons. The van der Waals surface area contributed by atoms with Crippen molar-refractivity contribution in [3.63, 3.8) is 0 Å². The quantitative estimate of drug-likeness (QED) is 0.632. The van der Waals surface area contributed by atoms with Gasteiger partial charge < -0.3 is 0 Å². The van der Waals surface area contributed by atoms with Gasteiger partial charge in [0.1, 0.15) is 0 Å². The van der Waals surface area contributed by atoms with Gasteiger partial charge in [-0.3, -0.25) is 19.5 Å². The molecule has 4 heteroatoms. The fourth-order valence-electron chi connectivity index (χ4n) is 4.70. The van der Waals surface area contributed by atoms with Crippen LogP contribution >= 0.6 is 0 Å². The molecule has 1 saturated heterocycles. The third-order valence-electron chi connectivity index (χ3n) is 5.86. The van der Waals surface area contributed by atoms with Crippen molar-refractivity contribution in [3.8, 4) is 0 Å². The number of rotatable bonds is 2. The number of carbonyl (C=O) groups excluding carboxylic acids is 2. The van der Waals surface area contributed by atoms with Gasteiger partial charge in [-0.05, 0) is 48.4 Å². The summed E-state index contributed by atoms with van der Waals surface area (Å²) in [7, 11) is 0. The number of fused-ring (bicyclic) bond motifs is 2. The van der Waals surface area contributed by atoms with Crippen LogP contribution in [0, 0.1) is 23.7 Å². The predicted octanol–water partition coefficient (Wildman–Crippen LogP) is 2.93. The second-order valence-corrected chi connectivity index (χ2v) is 7.13. The minimum atomic E-state index is -0.122. The molecule has 1 aliphatic heterocycles. The summed E-state index contributed by atoms with van der Waals surface area (Å²) in [6.07, 6.45) is 8.16. The zero-order valence-corrected chi connectivity index (χ0v) is 13.3. The van der Waals surface area contributed by atoms with E-state index in [1.54, 1.807) is 6.20 Å². The van der Waals surface area contributed by atoms with Gasteiger partial charge in [0.2, 0.25) is 11.8 Å². The Balaban J connectivity index is 1.46. The normalized spacial score (nSPS) is 31.1. The molecule has 1 saturated carbocycles. The third kappa shape index (κ3) is 1.89. The zero-order chi connectivity index (χ0) is 16.3. The van der Waals surface area contributed by atoms with Crippen LogP contribution < -0.4 is 0 Å². The first-order valence-electron chi connectivity index (χ1n) is 8.59. The van der Waals surface area contributed by atoms with Gasteiger partial charge in [0.25, 0.3) is 0 Å². The Hall–Kier alpha value is -2.49. The highest BCUT2D eigenvalue weighted by molar-refractivity contribution is 6.06. The predicted molar refractivity (Wildman–Crippen MR) is 89.6 cm³/mol. The molecule has 0 spiro atoms. The first-order chi connectivity index (χ1) is 11.7. The molecule has 3 aliphatic carbocycles. The minimum Gasteiger partial charge on any atom is -0.278 e. The molecule has 1 aromatic carbocycles. The maximum absolute atomic E-state index is 12.9. The fraction of sp³-hybridized carbons (Fsp3) is 0.350. The number of hydrogen-bond acceptors (Lipinski definition) is 3. The van der Waals surface area contributed by atoms with Crippen molar-refractivity contribution in [2.75, 3.05) is 0 Å². The number of nitrogens with zero attached hydrogens (tertiary/aromatic N) is 2. The molecule has 2 amide bonds. The van der Waals surface area contributed by atoms with Crippen LogP contribution in [-0.2, 0) is 16.1 Å². The zero-order valence-electron chi connectivity index (χ0n) is 13.3. The molecule has 4 nitrogen and oxygen atoms in total. The molecule has 0 N–H and O–H groups in total. The molecule has 2 aromatic rings. The molecule has 1 aromatic heterocycles. The van der Waals surface area contributed by atoms with Crippen molar-refractivity contribution in [2.45, 2.75) is 19.4 Å². The molecule has 2 bridgehead atoms. The van der Waals surface area contributed by atoms with Crippen LogP contribution in [0.15, 0.2) is 48.7 Å². The van der Waals surface area contributed by atoms with Gasteiger partial charge in [0.05, 0.1) is 23.9 Å². The highest BCUT2D eigenvalue weighted by atomic mass is 16.2. The van der Waals surface area contributed by atoms with Gasteiger partial charge in [0.15, 0.2) is 0 Å². The van der Waals surface area contributed by atoms with Crippen LogP contribution in [0.3, 0.4) is 0 Å². The lowest BCUT2D eigenvalue weighted by molar-refractivity contribution is -0.140. The van der Waals surface area contributed by atoms with Crippen molar-refractivity contribution < 1.29 is 9.59 Å². The Morgan fingerprint density at radius 2 is 1.71 bits per heavy atom. The molecule has 4 unspecified atom stereocenters. The fourth-order valence-corrected chi connectivity index (χ4v) is 4.70. The second-order valence-electron chi connectivity index (χ2n) is 7.13. The van der Waals surface area contributed by atoms with Crippen LogP contribution in [0.5, 0.6) is 0 Å². The van der Waals surface area contributed by atoms with E-state index in [9.17, 15) is 9.59 Å². The highest BCUT2D eigenvalue weighted by Crippen LogP contribution is 2.49. The first kappa shape index (κ1) is 13.9. The Morgan fingerprint density at radius 3 is 2.38 bits per heavy atom. The van der Waals surface area contributed by atoms with E-state index in [4.69, 9.17) is 0 Å². The Bertz CT molecular complexity index is 856. The van der Waals surface area contributed by atoms with Crippen LogP contribution in [0.4, 0.5) is 0 Å². The SMILES string of the molecule is O=C1C2C3C=CC(CC3)C2C(=O)N1Cc1ccc2ncccc2c1. The number of carbonyl (C=O) groups is 2. The number of aromatic nitrogens is 1.